The van der Waals surface area contributed by atoms with Gasteiger partial charge in [0.15, 0.2) is 0 Å². The molecule has 3 heteroatoms. The topological polar surface area (TPSA) is 35.5 Å². The van der Waals surface area contributed by atoms with Crippen LogP contribution in [0, 0.1) is 0 Å². The van der Waals surface area contributed by atoms with Gasteiger partial charge in [0.2, 0.25) is 0 Å². The monoisotopic (exact) mass is 284 g/mol. The highest BCUT2D eigenvalue weighted by Crippen LogP contribution is 2.22. The van der Waals surface area contributed by atoms with Crippen molar-refractivity contribution in [2.45, 2.75) is 26.2 Å². The third-order valence-corrected chi connectivity index (χ3v) is 3.60. The smallest absolute Gasteiger partial charge is 0.343 e. The lowest BCUT2D eigenvalue weighted by Crippen LogP contribution is -2.08. The molecule has 1 atom stereocenters. The van der Waals surface area contributed by atoms with Gasteiger partial charge in [-0.25, -0.2) is 4.79 Å². The van der Waals surface area contributed by atoms with E-state index in [1.165, 1.54) is 5.56 Å². The summed E-state index contributed by atoms with van der Waals surface area (Å²) in [4.78, 5) is 12.0. The second-order valence-electron chi connectivity index (χ2n) is 5.00. The molecule has 0 amide bonds. The number of benzene rings is 2. The first kappa shape index (κ1) is 15.1. The Kier molecular flexibility index (Phi) is 4.99. The number of carbonyl (C=O) groups excluding carboxylic acids is 1. The largest absolute Gasteiger partial charge is 0.497 e. The highest BCUT2D eigenvalue weighted by Gasteiger charge is 2.09. The summed E-state index contributed by atoms with van der Waals surface area (Å²) in [5.41, 5.74) is 1.75. The molecular weight excluding hydrogens is 264 g/mol. The van der Waals surface area contributed by atoms with Gasteiger partial charge >= 0.3 is 5.97 Å². The Morgan fingerprint density at radius 2 is 1.57 bits per heavy atom. The third-order valence-electron chi connectivity index (χ3n) is 3.60. The summed E-state index contributed by atoms with van der Waals surface area (Å²) < 4.78 is 10.4. The van der Waals surface area contributed by atoms with E-state index in [0.29, 0.717) is 23.0 Å². The van der Waals surface area contributed by atoms with E-state index in [1.54, 1.807) is 31.4 Å². The minimum absolute atomic E-state index is 0.367. The van der Waals surface area contributed by atoms with Crippen molar-refractivity contribution in [2.24, 2.45) is 0 Å². The first-order chi connectivity index (χ1) is 10.1. The van der Waals surface area contributed by atoms with E-state index in [1.807, 2.05) is 24.3 Å². The molecule has 3 nitrogen and oxygen atoms in total. The van der Waals surface area contributed by atoms with Crippen LogP contribution in [-0.4, -0.2) is 13.1 Å². The molecule has 2 rings (SSSR count). The first-order valence-electron chi connectivity index (χ1n) is 7.10. The molecule has 0 aromatic heterocycles. The molecule has 1 unspecified atom stereocenters. The van der Waals surface area contributed by atoms with Crippen molar-refractivity contribution in [1.82, 2.24) is 0 Å². The quantitative estimate of drug-likeness (QED) is 0.602. The lowest BCUT2D eigenvalue weighted by molar-refractivity contribution is 0.0734. The van der Waals surface area contributed by atoms with E-state index in [9.17, 15) is 4.79 Å². The maximum atomic E-state index is 12.0. The van der Waals surface area contributed by atoms with Gasteiger partial charge in [0.1, 0.15) is 11.5 Å². The zero-order chi connectivity index (χ0) is 15.2. The molecule has 2 aromatic carbocycles. The van der Waals surface area contributed by atoms with Gasteiger partial charge in [-0.3, -0.25) is 0 Å². The van der Waals surface area contributed by atoms with Gasteiger partial charge in [-0.2, -0.15) is 0 Å². The van der Waals surface area contributed by atoms with Crippen LogP contribution < -0.4 is 9.47 Å². The number of hydrogen-bond acceptors (Lipinski definition) is 3. The van der Waals surface area contributed by atoms with E-state index in [4.69, 9.17) is 9.47 Å². The number of rotatable bonds is 5. The van der Waals surface area contributed by atoms with E-state index in [0.717, 1.165) is 6.42 Å². The summed E-state index contributed by atoms with van der Waals surface area (Å²) in [6.45, 7) is 4.33. The molecule has 0 fully saturated rings. The second kappa shape index (κ2) is 6.93. The van der Waals surface area contributed by atoms with Gasteiger partial charge in [0, 0.05) is 0 Å². The van der Waals surface area contributed by atoms with Crippen LogP contribution in [0.2, 0.25) is 0 Å². The summed E-state index contributed by atoms with van der Waals surface area (Å²) in [6, 6.07) is 14.5. The summed E-state index contributed by atoms with van der Waals surface area (Å²) in [6.07, 6.45) is 1.09. The number of ether oxygens (including phenoxy) is 2. The van der Waals surface area contributed by atoms with Crippen LogP contribution in [-0.2, 0) is 0 Å². The molecule has 0 heterocycles. The summed E-state index contributed by atoms with van der Waals surface area (Å²) >= 11 is 0. The number of methoxy groups -OCH3 is 1. The van der Waals surface area contributed by atoms with E-state index in [2.05, 4.69) is 13.8 Å². The molecule has 0 aliphatic heterocycles. The Morgan fingerprint density at radius 3 is 2.10 bits per heavy atom. The molecule has 110 valence electrons. The van der Waals surface area contributed by atoms with Gasteiger partial charge in [-0.15, -0.1) is 0 Å². The summed E-state index contributed by atoms with van der Waals surface area (Å²) in [5, 5.41) is 0. The Bertz CT molecular complexity index is 585. The summed E-state index contributed by atoms with van der Waals surface area (Å²) in [7, 11) is 1.59. The Balaban J connectivity index is 2.04. The summed E-state index contributed by atoms with van der Waals surface area (Å²) in [5.74, 6) is 1.41. The van der Waals surface area contributed by atoms with Crippen molar-refractivity contribution in [3.8, 4) is 11.5 Å². The molecule has 0 aliphatic carbocycles. The van der Waals surface area contributed by atoms with Crippen molar-refractivity contribution in [3.05, 3.63) is 59.7 Å². The average molecular weight is 284 g/mol. The number of carbonyl (C=O) groups is 1. The van der Waals surface area contributed by atoms with Crippen LogP contribution in [0.1, 0.15) is 42.1 Å². The molecule has 2 aromatic rings. The van der Waals surface area contributed by atoms with Crippen LogP contribution in [0.25, 0.3) is 0 Å². The van der Waals surface area contributed by atoms with Crippen molar-refractivity contribution in [1.29, 1.82) is 0 Å². The van der Waals surface area contributed by atoms with Crippen molar-refractivity contribution in [3.63, 3.8) is 0 Å². The van der Waals surface area contributed by atoms with E-state index < -0.39 is 0 Å². The zero-order valence-corrected chi connectivity index (χ0v) is 12.6. The number of esters is 1. The van der Waals surface area contributed by atoms with Crippen molar-refractivity contribution in [2.75, 3.05) is 7.11 Å². The minimum atomic E-state index is -0.367. The Labute approximate surface area is 125 Å². The molecular formula is C18H20O3. The molecule has 0 saturated heterocycles. The molecule has 0 saturated carbocycles. The van der Waals surface area contributed by atoms with Gasteiger partial charge in [-0.1, -0.05) is 26.0 Å². The minimum Gasteiger partial charge on any atom is -0.497 e. The molecule has 0 aliphatic rings. The normalized spacial score (nSPS) is 11.8. The highest BCUT2D eigenvalue weighted by atomic mass is 16.5. The second-order valence-corrected chi connectivity index (χ2v) is 5.00. The van der Waals surface area contributed by atoms with Crippen LogP contribution in [0.3, 0.4) is 0 Å². The predicted molar refractivity (Wildman–Crippen MR) is 83.1 cm³/mol. The molecule has 0 radical (unpaired) electrons. The lowest BCUT2D eigenvalue weighted by atomic mass is 9.99. The highest BCUT2D eigenvalue weighted by molar-refractivity contribution is 5.91. The van der Waals surface area contributed by atoms with Crippen molar-refractivity contribution >= 4 is 5.97 Å². The fourth-order valence-electron chi connectivity index (χ4n) is 1.99. The van der Waals surface area contributed by atoms with E-state index >= 15 is 0 Å². The average Bonchev–Trinajstić information content (AvgIpc) is 2.55. The molecule has 21 heavy (non-hydrogen) atoms. The SMILES string of the molecule is CCC(C)c1ccc(OC(=O)c2ccc(OC)cc2)cc1. The van der Waals surface area contributed by atoms with Crippen LogP contribution >= 0.6 is 0 Å². The fourth-order valence-corrected chi connectivity index (χ4v) is 1.99. The molecule has 0 spiro atoms. The van der Waals surface area contributed by atoms with Crippen molar-refractivity contribution < 1.29 is 14.3 Å². The Morgan fingerprint density at radius 1 is 1.00 bits per heavy atom. The van der Waals surface area contributed by atoms with Crippen LogP contribution in [0.5, 0.6) is 11.5 Å². The predicted octanol–water partition coefficient (Wildman–Crippen LogP) is 4.43. The third kappa shape index (κ3) is 3.85. The van der Waals surface area contributed by atoms with Gasteiger partial charge < -0.3 is 9.47 Å². The maximum absolute atomic E-state index is 12.0. The molecule has 0 bridgehead atoms. The lowest BCUT2D eigenvalue weighted by Gasteiger charge is -2.10. The van der Waals surface area contributed by atoms with Crippen LogP contribution in [0.15, 0.2) is 48.5 Å². The Hall–Kier alpha value is -2.29. The maximum Gasteiger partial charge on any atom is 0.343 e. The standard InChI is InChI=1S/C18H20O3/c1-4-13(2)14-5-11-17(12-6-14)21-18(19)15-7-9-16(20-3)10-8-15/h5-13H,4H2,1-3H3. The van der Waals surface area contributed by atoms with E-state index in [-0.39, 0.29) is 5.97 Å². The van der Waals surface area contributed by atoms with Gasteiger partial charge in [0.05, 0.1) is 12.7 Å². The molecule has 0 N–H and O–H groups in total. The fraction of sp³-hybridized carbons (Fsp3) is 0.278. The zero-order valence-electron chi connectivity index (χ0n) is 12.6. The first-order valence-corrected chi connectivity index (χ1v) is 7.10. The van der Waals surface area contributed by atoms with Crippen LogP contribution in [0.4, 0.5) is 0 Å². The number of hydrogen-bond donors (Lipinski definition) is 0. The van der Waals surface area contributed by atoms with Gasteiger partial charge in [0.25, 0.3) is 0 Å². The van der Waals surface area contributed by atoms with Gasteiger partial charge in [-0.05, 0) is 54.3 Å².